The number of H-pyrrole nitrogens is 1. The third-order valence-electron chi connectivity index (χ3n) is 1.83. The summed E-state index contributed by atoms with van der Waals surface area (Å²) >= 11 is 4.63. The largest absolute Gasteiger partial charge is 0.409 e. The van der Waals surface area contributed by atoms with Crippen molar-refractivity contribution in [2.24, 2.45) is 0 Å². The Morgan fingerprint density at radius 3 is 2.81 bits per heavy atom. The van der Waals surface area contributed by atoms with E-state index < -0.39 is 10.7 Å². The molecule has 6 nitrogen and oxygen atoms in total. The smallest absolute Gasteiger partial charge is 0.284 e. The van der Waals surface area contributed by atoms with E-state index in [0.717, 1.165) is 12.1 Å². The maximum absolute atomic E-state index is 13.5. The molecule has 0 spiro atoms. The maximum Gasteiger partial charge on any atom is 0.284 e. The molecule has 8 heteroatoms. The number of hydrogen-bond acceptors (Lipinski definition) is 5. The van der Waals surface area contributed by atoms with Crippen molar-refractivity contribution in [1.82, 2.24) is 10.2 Å². The van der Waals surface area contributed by atoms with Gasteiger partial charge in [-0.2, -0.15) is 0 Å². The van der Waals surface area contributed by atoms with Crippen molar-refractivity contribution in [3.8, 4) is 11.5 Å². The predicted molar refractivity (Wildman–Crippen MR) is 53.7 cm³/mol. The number of benzene rings is 1. The number of nitrogens with zero attached hydrogens (tertiary/aromatic N) is 2. The Balaban J connectivity index is 2.51. The van der Waals surface area contributed by atoms with Crippen LogP contribution >= 0.6 is 12.2 Å². The number of nitro groups is 1. The van der Waals surface area contributed by atoms with E-state index in [0.29, 0.717) is 0 Å². The molecule has 16 heavy (non-hydrogen) atoms. The summed E-state index contributed by atoms with van der Waals surface area (Å²) in [6.07, 6.45) is 0. The highest BCUT2D eigenvalue weighted by molar-refractivity contribution is 7.71. The average Bonchev–Trinajstić information content (AvgIpc) is 2.64. The molecule has 0 saturated carbocycles. The number of nitro benzene ring substituents is 1. The first kappa shape index (κ1) is 10.4. The topological polar surface area (TPSA) is 85.0 Å². The van der Waals surface area contributed by atoms with Crippen molar-refractivity contribution in [3.05, 3.63) is 39.0 Å². The van der Waals surface area contributed by atoms with Crippen LogP contribution in [0, 0.1) is 20.8 Å². The molecule has 0 bridgehead atoms. The highest BCUT2D eigenvalue weighted by atomic mass is 32.1. The maximum atomic E-state index is 13.5. The van der Waals surface area contributed by atoms with E-state index in [4.69, 9.17) is 4.42 Å². The number of hydrogen-bond donors (Lipinski definition) is 1. The number of aromatic amines is 1. The predicted octanol–water partition coefficient (Wildman–Crippen LogP) is 2.45. The fourth-order valence-corrected chi connectivity index (χ4v) is 1.26. The molecule has 0 aliphatic rings. The summed E-state index contributed by atoms with van der Waals surface area (Å²) in [4.78, 5) is 9.70. The summed E-state index contributed by atoms with van der Waals surface area (Å²) in [6, 6.07) is 3.16. The van der Waals surface area contributed by atoms with Crippen molar-refractivity contribution < 1.29 is 13.7 Å². The van der Waals surface area contributed by atoms with Crippen LogP contribution < -0.4 is 0 Å². The number of aromatic nitrogens is 2. The van der Waals surface area contributed by atoms with E-state index in [-0.39, 0.29) is 22.0 Å². The highest BCUT2D eigenvalue weighted by Gasteiger charge is 2.15. The number of rotatable bonds is 2. The van der Waals surface area contributed by atoms with Gasteiger partial charge in [0.05, 0.1) is 16.6 Å². The van der Waals surface area contributed by atoms with Gasteiger partial charge in [0.1, 0.15) is 5.82 Å². The standard InChI is InChI=1S/C8H4FN3O3S/c9-6-3-4(12(13)14)1-2-5(6)7-10-11-8(16)15-7/h1-3H,(H,11,16). The normalized spacial score (nSPS) is 10.3. The van der Waals surface area contributed by atoms with Gasteiger partial charge in [-0.3, -0.25) is 10.1 Å². The van der Waals surface area contributed by atoms with Crippen molar-refractivity contribution >= 4 is 17.9 Å². The summed E-state index contributed by atoms with van der Waals surface area (Å²) in [5.41, 5.74) is -0.326. The zero-order chi connectivity index (χ0) is 11.7. The van der Waals surface area contributed by atoms with Crippen molar-refractivity contribution in [1.29, 1.82) is 0 Å². The first-order valence-electron chi connectivity index (χ1n) is 4.08. The number of halogens is 1. The Kier molecular flexibility index (Phi) is 2.49. The van der Waals surface area contributed by atoms with Gasteiger partial charge in [-0.15, -0.1) is 5.10 Å². The molecular formula is C8H4FN3O3S. The SMILES string of the molecule is O=[N+]([O-])c1ccc(-c2n[nH]c(=S)o2)c(F)c1. The zero-order valence-electron chi connectivity index (χ0n) is 7.64. The Morgan fingerprint density at radius 2 is 2.31 bits per heavy atom. The monoisotopic (exact) mass is 241 g/mol. The van der Waals surface area contributed by atoms with E-state index in [1.807, 2.05) is 0 Å². The van der Waals surface area contributed by atoms with Crippen LogP contribution in [0.15, 0.2) is 22.6 Å². The summed E-state index contributed by atoms with van der Waals surface area (Å²) in [5, 5.41) is 16.3. The van der Waals surface area contributed by atoms with Gasteiger partial charge in [0.2, 0.25) is 5.89 Å². The third kappa shape index (κ3) is 1.82. The molecule has 0 atom stereocenters. The lowest BCUT2D eigenvalue weighted by molar-refractivity contribution is -0.385. The van der Waals surface area contributed by atoms with Crippen LogP contribution in [0.1, 0.15) is 0 Å². The Labute approximate surface area is 92.9 Å². The fraction of sp³-hybridized carbons (Fsp3) is 0. The van der Waals surface area contributed by atoms with E-state index in [1.54, 1.807) is 0 Å². The molecule has 82 valence electrons. The van der Waals surface area contributed by atoms with E-state index in [2.05, 4.69) is 22.4 Å². The van der Waals surface area contributed by atoms with Gasteiger partial charge in [-0.1, -0.05) is 0 Å². The van der Waals surface area contributed by atoms with Crippen molar-refractivity contribution in [3.63, 3.8) is 0 Å². The first-order valence-corrected chi connectivity index (χ1v) is 4.48. The summed E-state index contributed by atoms with van der Waals surface area (Å²) < 4.78 is 18.3. The van der Waals surface area contributed by atoms with Crippen LogP contribution in [0.5, 0.6) is 0 Å². The minimum atomic E-state index is -0.792. The van der Waals surface area contributed by atoms with Gasteiger partial charge < -0.3 is 4.42 Å². The van der Waals surface area contributed by atoms with Crippen LogP contribution in [0.3, 0.4) is 0 Å². The first-order chi connectivity index (χ1) is 7.58. The van der Waals surface area contributed by atoms with Crippen molar-refractivity contribution in [2.75, 3.05) is 0 Å². The van der Waals surface area contributed by atoms with E-state index >= 15 is 0 Å². The fourth-order valence-electron chi connectivity index (χ4n) is 1.14. The quantitative estimate of drug-likeness (QED) is 0.496. The molecule has 1 aromatic heterocycles. The highest BCUT2D eigenvalue weighted by Crippen LogP contribution is 2.24. The van der Waals surface area contributed by atoms with Gasteiger partial charge in [0.15, 0.2) is 0 Å². The van der Waals surface area contributed by atoms with Gasteiger partial charge in [-0.05, 0) is 18.3 Å². The average molecular weight is 241 g/mol. The molecule has 0 aliphatic heterocycles. The molecule has 1 N–H and O–H groups in total. The summed E-state index contributed by atoms with van der Waals surface area (Å²) in [7, 11) is 0. The molecule has 0 aliphatic carbocycles. The van der Waals surface area contributed by atoms with Gasteiger partial charge in [-0.25, -0.2) is 9.49 Å². The molecule has 1 aromatic carbocycles. The lowest BCUT2D eigenvalue weighted by Crippen LogP contribution is -1.91. The molecule has 2 aromatic rings. The minimum absolute atomic E-state index is 0.00718. The van der Waals surface area contributed by atoms with Crippen LogP contribution in [-0.2, 0) is 0 Å². The molecule has 0 fully saturated rings. The van der Waals surface area contributed by atoms with E-state index in [9.17, 15) is 14.5 Å². The van der Waals surface area contributed by atoms with Crippen molar-refractivity contribution in [2.45, 2.75) is 0 Å². The van der Waals surface area contributed by atoms with Crippen LogP contribution in [0.4, 0.5) is 10.1 Å². The molecule has 2 rings (SSSR count). The van der Waals surface area contributed by atoms with Gasteiger partial charge >= 0.3 is 0 Å². The molecule has 0 unspecified atom stereocenters. The number of nitrogens with one attached hydrogen (secondary N) is 1. The minimum Gasteiger partial charge on any atom is -0.409 e. The Morgan fingerprint density at radius 1 is 1.56 bits per heavy atom. The zero-order valence-corrected chi connectivity index (χ0v) is 8.45. The van der Waals surface area contributed by atoms with Gasteiger partial charge in [0, 0.05) is 6.07 Å². The van der Waals surface area contributed by atoms with Crippen LogP contribution in [-0.4, -0.2) is 15.1 Å². The third-order valence-corrected chi connectivity index (χ3v) is 2.01. The summed E-state index contributed by atoms with van der Waals surface area (Å²) in [5.74, 6) is -0.836. The van der Waals surface area contributed by atoms with Gasteiger partial charge in [0.25, 0.3) is 10.5 Å². The second kappa shape index (κ2) is 3.81. The van der Waals surface area contributed by atoms with Crippen LogP contribution in [0.2, 0.25) is 0 Å². The molecule has 0 saturated heterocycles. The number of non-ortho nitro benzene ring substituents is 1. The molecule has 0 radical (unpaired) electrons. The summed E-state index contributed by atoms with van der Waals surface area (Å²) in [6.45, 7) is 0. The lowest BCUT2D eigenvalue weighted by atomic mass is 10.2. The second-order valence-corrected chi connectivity index (χ2v) is 3.21. The van der Waals surface area contributed by atoms with Crippen LogP contribution in [0.25, 0.3) is 11.5 Å². The second-order valence-electron chi connectivity index (χ2n) is 2.84. The molecule has 1 heterocycles. The molecular weight excluding hydrogens is 237 g/mol. The molecule has 0 amide bonds. The Bertz CT molecular complexity index is 607. The van der Waals surface area contributed by atoms with E-state index in [1.165, 1.54) is 6.07 Å². The Hall–Kier alpha value is -2.09. The lowest BCUT2D eigenvalue weighted by Gasteiger charge is -1.96.